The fourth-order valence-electron chi connectivity index (χ4n) is 5.16. The number of urea groups is 1. The lowest BCUT2D eigenvalue weighted by molar-refractivity contribution is -0.127. The lowest BCUT2D eigenvalue weighted by Crippen LogP contribution is -2.59. The first kappa shape index (κ1) is 23.1. The van der Waals surface area contributed by atoms with Crippen molar-refractivity contribution in [3.63, 3.8) is 0 Å². The summed E-state index contributed by atoms with van der Waals surface area (Å²) in [5, 5.41) is 6.50. The molecule has 4 N–H and O–H groups in total. The first-order chi connectivity index (χ1) is 14.9. The van der Waals surface area contributed by atoms with Crippen LogP contribution in [-0.4, -0.2) is 43.2 Å². The molecule has 7 nitrogen and oxygen atoms in total. The van der Waals surface area contributed by atoms with Crippen LogP contribution in [0.2, 0.25) is 29.7 Å². The minimum absolute atomic E-state index is 0.142. The molecule has 0 bridgehead atoms. The minimum atomic E-state index is -1.67. The number of aryl methyl sites for hydroxylation is 1. The van der Waals surface area contributed by atoms with Crippen LogP contribution in [0.1, 0.15) is 38.7 Å². The van der Waals surface area contributed by atoms with Gasteiger partial charge in [0.15, 0.2) is 0 Å². The fourth-order valence-corrected chi connectivity index (χ4v) is 7.93. The highest BCUT2D eigenvalue weighted by atomic mass is 35.5. The fraction of sp³-hybridized carbons (Fsp3) is 0.565. The molecule has 0 saturated heterocycles. The van der Waals surface area contributed by atoms with Gasteiger partial charge >= 0.3 is 6.03 Å². The normalized spacial score (nSPS) is 23.3. The van der Waals surface area contributed by atoms with Gasteiger partial charge in [0.1, 0.15) is 6.17 Å². The number of rotatable bonds is 4. The lowest BCUT2D eigenvalue weighted by atomic mass is 9.83. The Labute approximate surface area is 196 Å². The van der Waals surface area contributed by atoms with Gasteiger partial charge < -0.3 is 21.0 Å². The monoisotopic (exact) mass is 475 g/mol. The molecule has 3 amide bonds. The number of anilines is 1. The first-order valence-corrected chi connectivity index (χ1v) is 15.2. The van der Waals surface area contributed by atoms with Crippen LogP contribution in [0.15, 0.2) is 29.5 Å². The number of hydrogen-bond donors (Lipinski definition) is 4. The summed E-state index contributed by atoms with van der Waals surface area (Å²) in [6.07, 6.45) is 2.73. The molecule has 2 heterocycles. The smallest absolute Gasteiger partial charge is 0.322 e. The average molecular weight is 476 g/mol. The third kappa shape index (κ3) is 3.62. The van der Waals surface area contributed by atoms with E-state index in [9.17, 15) is 9.59 Å². The SMILES string of the molecule is Cc1ccc(Cl)c(NC(=O)N2CC3=C(NNC3NC(=O)C3([Si](C)(C)C)CCC3)C2(C)C)c1. The lowest BCUT2D eigenvalue weighted by Gasteiger charge is -2.49. The molecule has 174 valence electrons. The topological polar surface area (TPSA) is 85.5 Å². The largest absolute Gasteiger partial charge is 0.335 e. The first-order valence-electron chi connectivity index (χ1n) is 11.3. The number of amides is 3. The summed E-state index contributed by atoms with van der Waals surface area (Å²) < 4.78 is 0. The second-order valence-electron chi connectivity index (χ2n) is 10.8. The Balaban J connectivity index is 1.50. The maximum absolute atomic E-state index is 13.4. The number of carbonyl (C=O) groups is 2. The Kier molecular flexibility index (Phi) is 5.62. The van der Waals surface area contributed by atoms with Crippen LogP contribution in [-0.2, 0) is 4.79 Å². The van der Waals surface area contributed by atoms with Crippen molar-refractivity contribution in [3.8, 4) is 0 Å². The van der Waals surface area contributed by atoms with Crippen molar-refractivity contribution < 1.29 is 9.59 Å². The number of halogens is 1. The van der Waals surface area contributed by atoms with Crippen LogP contribution in [0.3, 0.4) is 0 Å². The van der Waals surface area contributed by atoms with Crippen LogP contribution in [0.25, 0.3) is 0 Å². The Morgan fingerprint density at radius 2 is 1.91 bits per heavy atom. The number of carbonyl (C=O) groups excluding carboxylic acids is 2. The van der Waals surface area contributed by atoms with E-state index in [4.69, 9.17) is 11.6 Å². The van der Waals surface area contributed by atoms with Crippen molar-refractivity contribution >= 4 is 37.3 Å². The molecule has 3 aliphatic rings. The quantitative estimate of drug-likeness (QED) is 0.488. The Morgan fingerprint density at radius 1 is 1.22 bits per heavy atom. The van der Waals surface area contributed by atoms with Gasteiger partial charge in [-0.1, -0.05) is 43.7 Å². The second kappa shape index (κ2) is 7.78. The van der Waals surface area contributed by atoms with Gasteiger partial charge in [0.05, 0.1) is 30.0 Å². The molecule has 1 unspecified atom stereocenters. The van der Waals surface area contributed by atoms with Crippen LogP contribution >= 0.6 is 11.6 Å². The van der Waals surface area contributed by atoms with E-state index in [0.717, 1.165) is 36.1 Å². The van der Waals surface area contributed by atoms with Crippen molar-refractivity contribution in [1.29, 1.82) is 0 Å². The predicted molar refractivity (Wildman–Crippen MR) is 131 cm³/mol. The summed E-state index contributed by atoms with van der Waals surface area (Å²) in [7, 11) is -1.67. The molecular weight excluding hydrogens is 442 g/mol. The summed E-state index contributed by atoms with van der Waals surface area (Å²) in [4.78, 5) is 28.3. The van der Waals surface area contributed by atoms with E-state index < -0.39 is 13.6 Å². The van der Waals surface area contributed by atoms with E-state index in [2.05, 4.69) is 41.1 Å². The molecule has 9 heteroatoms. The number of nitrogens with one attached hydrogen (secondary N) is 4. The second-order valence-corrected chi connectivity index (χ2v) is 16.7. The molecule has 1 aliphatic carbocycles. The molecule has 2 aliphatic heterocycles. The van der Waals surface area contributed by atoms with E-state index in [-0.39, 0.29) is 23.1 Å². The summed E-state index contributed by atoms with van der Waals surface area (Å²) >= 11 is 6.28. The Bertz CT molecular complexity index is 997. The van der Waals surface area contributed by atoms with E-state index in [1.165, 1.54) is 0 Å². The third-order valence-electron chi connectivity index (χ3n) is 7.59. The minimum Gasteiger partial charge on any atom is -0.335 e. The number of hydrogen-bond acceptors (Lipinski definition) is 4. The van der Waals surface area contributed by atoms with Crippen molar-refractivity contribution in [2.24, 2.45) is 0 Å². The summed E-state index contributed by atoms with van der Waals surface area (Å²) in [5.41, 5.74) is 9.45. The average Bonchev–Trinajstić information content (AvgIpc) is 3.14. The van der Waals surface area contributed by atoms with Crippen molar-refractivity contribution in [1.82, 2.24) is 21.1 Å². The summed E-state index contributed by atoms with van der Waals surface area (Å²) in [6.45, 7) is 13.2. The molecule has 1 aromatic carbocycles. The van der Waals surface area contributed by atoms with Gasteiger partial charge in [-0.05, 0) is 51.3 Å². The van der Waals surface area contributed by atoms with E-state index in [1.54, 1.807) is 11.0 Å². The van der Waals surface area contributed by atoms with Gasteiger partial charge in [-0.3, -0.25) is 4.79 Å². The van der Waals surface area contributed by atoms with Crippen molar-refractivity contribution in [3.05, 3.63) is 40.1 Å². The van der Waals surface area contributed by atoms with Gasteiger partial charge in [-0.25, -0.2) is 10.2 Å². The summed E-state index contributed by atoms with van der Waals surface area (Å²) in [5.74, 6) is 0.142. The predicted octanol–water partition coefficient (Wildman–Crippen LogP) is 4.34. The molecule has 1 atom stereocenters. The van der Waals surface area contributed by atoms with Gasteiger partial charge in [-0.2, -0.15) is 0 Å². The zero-order valence-electron chi connectivity index (χ0n) is 19.8. The van der Waals surface area contributed by atoms with Crippen LogP contribution < -0.4 is 21.5 Å². The standard InChI is InChI=1S/C23H34ClN5O2Si/c1-14-8-9-16(24)17(12-14)25-21(31)29-13-15-18(22(29,2)3)27-28-19(15)26-20(30)23(10-7-11-23)32(4,5)6/h8-9,12,19,27-28H,7,10-11,13H2,1-6H3,(H,25,31)(H,26,30). The molecule has 4 rings (SSSR count). The van der Waals surface area contributed by atoms with Gasteiger partial charge in [0.2, 0.25) is 5.91 Å². The molecule has 1 aromatic rings. The van der Waals surface area contributed by atoms with Gasteiger partial charge in [0, 0.05) is 17.2 Å². The maximum Gasteiger partial charge on any atom is 0.322 e. The highest BCUT2D eigenvalue weighted by molar-refractivity contribution is 6.82. The molecule has 32 heavy (non-hydrogen) atoms. The molecule has 1 saturated carbocycles. The zero-order valence-corrected chi connectivity index (χ0v) is 21.5. The van der Waals surface area contributed by atoms with E-state index >= 15 is 0 Å². The molecule has 0 spiro atoms. The third-order valence-corrected chi connectivity index (χ3v) is 11.5. The van der Waals surface area contributed by atoms with Crippen LogP contribution in [0, 0.1) is 6.92 Å². The Morgan fingerprint density at radius 3 is 2.50 bits per heavy atom. The van der Waals surface area contributed by atoms with Gasteiger partial charge in [0.25, 0.3) is 0 Å². The van der Waals surface area contributed by atoms with E-state index in [1.807, 2.05) is 32.9 Å². The highest BCUT2D eigenvalue weighted by Crippen LogP contribution is 2.55. The highest BCUT2D eigenvalue weighted by Gasteiger charge is 2.55. The van der Waals surface area contributed by atoms with Crippen LogP contribution in [0.5, 0.6) is 0 Å². The van der Waals surface area contributed by atoms with Crippen LogP contribution in [0.4, 0.5) is 10.5 Å². The number of benzene rings is 1. The molecule has 1 fully saturated rings. The summed E-state index contributed by atoms with van der Waals surface area (Å²) in [6, 6.07) is 5.33. The molecular formula is C23H34ClN5O2Si. The molecule has 0 radical (unpaired) electrons. The Hall–Kier alpha value is -2.03. The maximum atomic E-state index is 13.4. The zero-order chi connectivity index (χ0) is 23.5. The number of hydrazine groups is 1. The van der Waals surface area contributed by atoms with Gasteiger partial charge in [-0.15, -0.1) is 0 Å². The van der Waals surface area contributed by atoms with E-state index in [0.29, 0.717) is 17.3 Å². The number of nitrogens with zero attached hydrogens (tertiary/aromatic N) is 1. The van der Waals surface area contributed by atoms with Crippen molar-refractivity contribution in [2.45, 2.75) is 76.4 Å². The van der Waals surface area contributed by atoms with Crippen molar-refractivity contribution in [2.75, 3.05) is 11.9 Å². The molecule has 0 aromatic heterocycles.